The minimum Gasteiger partial charge on any atom is -0.140 e. The molecule has 4 heteroatoms. The molecule has 62 valence electrons. The maximum atomic E-state index is 13.7. The van der Waals surface area contributed by atoms with Gasteiger partial charge in [0, 0.05) is 28.2 Å². The van der Waals surface area contributed by atoms with Gasteiger partial charge in [-0.15, -0.1) is 9.34 Å². The number of rotatable bonds is 3. The van der Waals surface area contributed by atoms with Gasteiger partial charge in [0.25, 0.3) is 0 Å². The highest BCUT2D eigenvalue weighted by Crippen LogP contribution is 2.63. The minimum absolute atomic E-state index is 0.590. The van der Waals surface area contributed by atoms with Crippen molar-refractivity contribution in [1.29, 1.82) is 0 Å². The quantitative estimate of drug-likeness (QED) is 0.592. The summed E-state index contributed by atoms with van der Waals surface area (Å²) in [4.78, 5) is 0. The molecular weight excluding hydrogens is 150 g/mol. The van der Waals surface area contributed by atoms with Crippen LogP contribution < -0.4 is 0 Å². The summed E-state index contributed by atoms with van der Waals surface area (Å²) in [6.45, 7) is 1.88. The van der Waals surface area contributed by atoms with Crippen LogP contribution in [-0.2, 0) is 0 Å². The first-order chi connectivity index (χ1) is 4.45. The van der Waals surface area contributed by atoms with E-state index in [0.29, 0.717) is 6.16 Å². The second-order valence-electron chi connectivity index (χ2n) is 2.65. The molecule has 0 saturated heterocycles. The lowest BCUT2D eigenvalue weighted by atomic mass is 11.0. The highest BCUT2D eigenvalue weighted by Gasteiger charge is 2.43. The third kappa shape index (κ3) is 1.88. The van der Waals surface area contributed by atoms with E-state index in [2.05, 4.69) is 0 Å². The van der Waals surface area contributed by atoms with E-state index in [0.717, 1.165) is 0 Å². The van der Waals surface area contributed by atoms with Gasteiger partial charge in [-0.1, -0.05) is 0 Å². The molecular formula is C6H17FN2P+. The Morgan fingerprint density at radius 2 is 1.40 bits per heavy atom. The molecule has 0 saturated carbocycles. The monoisotopic (exact) mass is 167 g/mol. The van der Waals surface area contributed by atoms with Crippen LogP contribution >= 0.6 is 7.87 Å². The molecule has 0 rings (SSSR count). The van der Waals surface area contributed by atoms with E-state index in [1.54, 1.807) is 37.5 Å². The highest BCUT2D eigenvalue weighted by molar-refractivity contribution is 7.66. The highest BCUT2D eigenvalue weighted by atomic mass is 31.2. The molecule has 0 aliphatic rings. The molecule has 0 atom stereocenters. The van der Waals surface area contributed by atoms with Gasteiger partial charge in [-0.05, 0) is 11.1 Å². The molecule has 0 aliphatic heterocycles. The van der Waals surface area contributed by atoms with Crippen molar-refractivity contribution in [2.24, 2.45) is 0 Å². The van der Waals surface area contributed by atoms with E-state index < -0.39 is 7.87 Å². The summed E-state index contributed by atoms with van der Waals surface area (Å²) in [5.41, 5.74) is 0. The molecule has 0 aromatic heterocycles. The Balaban J connectivity index is 4.23. The molecule has 2 nitrogen and oxygen atoms in total. The van der Waals surface area contributed by atoms with E-state index in [4.69, 9.17) is 0 Å². The van der Waals surface area contributed by atoms with Crippen LogP contribution in [0.25, 0.3) is 0 Å². The third-order valence-corrected chi connectivity index (χ3v) is 4.88. The van der Waals surface area contributed by atoms with Gasteiger partial charge in [0.1, 0.15) is 6.16 Å². The number of nitrogens with zero attached hydrogens (tertiary/aromatic N) is 2. The van der Waals surface area contributed by atoms with Gasteiger partial charge in [-0.3, -0.25) is 0 Å². The Morgan fingerprint density at radius 3 is 1.40 bits per heavy atom. The van der Waals surface area contributed by atoms with Gasteiger partial charge >= 0.3 is 7.87 Å². The van der Waals surface area contributed by atoms with Gasteiger partial charge in [0.05, 0.1) is 0 Å². The smallest absolute Gasteiger partial charge is 0.140 e. The summed E-state index contributed by atoms with van der Waals surface area (Å²) in [7, 11) is 4.73. The van der Waals surface area contributed by atoms with Crippen molar-refractivity contribution in [3.63, 3.8) is 0 Å². The molecule has 0 N–H and O–H groups in total. The number of hydrogen-bond acceptors (Lipinski definition) is 2. The Bertz CT molecular complexity index is 97.9. The minimum atomic E-state index is -2.43. The van der Waals surface area contributed by atoms with Crippen molar-refractivity contribution in [3.8, 4) is 0 Å². The predicted octanol–water partition coefficient (Wildman–Crippen LogP) is 1.86. The summed E-state index contributed by atoms with van der Waals surface area (Å²) < 4.78 is 17.1. The molecule has 0 aromatic carbocycles. The Hall–Kier alpha value is 0.280. The second kappa shape index (κ2) is 3.61. The van der Waals surface area contributed by atoms with Crippen LogP contribution in [0, 0.1) is 0 Å². The van der Waals surface area contributed by atoms with Crippen molar-refractivity contribution in [1.82, 2.24) is 9.34 Å². The molecule has 10 heavy (non-hydrogen) atoms. The summed E-state index contributed by atoms with van der Waals surface area (Å²) in [5, 5.41) is 0. The predicted molar refractivity (Wildman–Crippen MR) is 45.9 cm³/mol. The lowest BCUT2D eigenvalue weighted by Gasteiger charge is -2.25. The van der Waals surface area contributed by atoms with E-state index in [1.807, 2.05) is 6.92 Å². The first kappa shape index (κ1) is 10.3. The largest absolute Gasteiger partial charge is 0.347 e. The molecule has 0 heterocycles. The second-order valence-corrected chi connectivity index (χ2v) is 6.17. The molecule has 0 radical (unpaired) electrons. The van der Waals surface area contributed by atoms with Gasteiger partial charge in [-0.2, -0.15) is 0 Å². The Morgan fingerprint density at radius 1 is 1.10 bits per heavy atom. The topological polar surface area (TPSA) is 6.48 Å². The number of hydrogen-bond donors (Lipinski definition) is 0. The number of halogens is 1. The maximum Gasteiger partial charge on any atom is 0.347 e. The van der Waals surface area contributed by atoms with Crippen LogP contribution in [0.5, 0.6) is 0 Å². The fraction of sp³-hybridized carbons (Fsp3) is 1.00. The third-order valence-electron chi connectivity index (χ3n) is 1.63. The van der Waals surface area contributed by atoms with E-state index in [9.17, 15) is 4.20 Å². The van der Waals surface area contributed by atoms with E-state index >= 15 is 0 Å². The zero-order chi connectivity index (χ0) is 8.36. The molecule has 0 aliphatic carbocycles. The molecule has 0 bridgehead atoms. The zero-order valence-electron chi connectivity index (χ0n) is 7.43. The summed E-state index contributed by atoms with van der Waals surface area (Å²) >= 11 is 0. The SMILES string of the molecule is CC[P+](F)(N(C)C)N(C)C. The molecule has 0 aromatic rings. The standard InChI is InChI=1S/C6H17FN2P/c1-6-10(7,8(2)3)9(4)5/h6H2,1-5H3/q+1. The lowest BCUT2D eigenvalue weighted by Crippen LogP contribution is -2.24. The van der Waals surface area contributed by atoms with Gasteiger partial charge < -0.3 is 0 Å². The van der Waals surface area contributed by atoms with Crippen LogP contribution in [0.1, 0.15) is 6.92 Å². The maximum absolute atomic E-state index is 13.7. The fourth-order valence-electron chi connectivity index (χ4n) is 0.923. The van der Waals surface area contributed by atoms with Crippen LogP contribution in [0.15, 0.2) is 0 Å². The van der Waals surface area contributed by atoms with Crippen LogP contribution in [0.3, 0.4) is 0 Å². The average molecular weight is 167 g/mol. The molecule has 0 amide bonds. The van der Waals surface area contributed by atoms with E-state index in [1.165, 1.54) is 0 Å². The van der Waals surface area contributed by atoms with Crippen molar-refractivity contribution in [2.45, 2.75) is 6.92 Å². The average Bonchev–Trinajstić information content (AvgIpc) is 1.85. The van der Waals surface area contributed by atoms with Crippen molar-refractivity contribution >= 4 is 7.87 Å². The fourth-order valence-corrected chi connectivity index (χ4v) is 2.77. The molecule has 0 fully saturated rings. The molecule has 0 unspecified atom stereocenters. The Labute approximate surface area is 63.6 Å². The zero-order valence-corrected chi connectivity index (χ0v) is 8.32. The normalized spacial score (nSPS) is 13.2. The summed E-state index contributed by atoms with van der Waals surface area (Å²) in [5.74, 6) is 0. The van der Waals surface area contributed by atoms with Crippen LogP contribution in [0.4, 0.5) is 4.20 Å². The van der Waals surface area contributed by atoms with Crippen LogP contribution in [0.2, 0.25) is 0 Å². The van der Waals surface area contributed by atoms with Crippen molar-refractivity contribution in [2.75, 3.05) is 34.4 Å². The van der Waals surface area contributed by atoms with Gasteiger partial charge in [-0.25, -0.2) is 0 Å². The summed E-state index contributed by atoms with van der Waals surface area (Å²) in [6.07, 6.45) is 0.590. The van der Waals surface area contributed by atoms with Crippen molar-refractivity contribution in [3.05, 3.63) is 0 Å². The summed E-state index contributed by atoms with van der Waals surface area (Å²) in [6, 6.07) is 0. The Kier molecular flexibility index (Phi) is 3.71. The first-order valence-electron chi connectivity index (χ1n) is 3.38. The lowest BCUT2D eigenvalue weighted by molar-refractivity contribution is 0.488. The van der Waals surface area contributed by atoms with Crippen LogP contribution in [-0.4, -0.2) is 43.7 Å². The first-order valence-corrected chi connectivity index (χ1v) is 5.15. The van der Waals surface area contributed by atoms with E-state index in [-0.39, 0.29) is 0 Å². The van der Waals surface area contributed by atoms with Crippen molar-refractivity contribution < 1.29 is 4.20 Å². The van der Waals surface area contributed by atoms with Gasteiger partial charge in [0.15, 0.2) is 0 Å². The molecule has 0 spiro atoms. The van der Waals surface area contributed by atoms with Gasteiger partial charge in [0.2, 0.25) is 0 Å².